The van der Waals surface area contributed by atoms with Crippen LogP contribution >= 0.6 is 0 Å². The van der Waals surface area contributed by atoms with Crippen LogP contribution in [0.25, 0.3) is 0 Å². The van der Waals surface area contributed by atoms with Gasteiger partial charge in [0, 0.05) is 6.54 Å². The van der Waals surface area contributed by atoms with Crippen molar-refractivity contribution in [2.45, 2.75) is 23.8 Å². The predicted octanol–water partition coefficient (Wildman–Crippen LogP) is 1.60. The Hall–Kier alpha value is -1.73. The van der Waals surface area contributed by atoms with Gasteiger partial charge in [0.25, 0.3) is 0 Å². The van der Waals surface area contributed by atoms with Gasteiger partial charge in [-0.2, -0.15) is 9.29 Å². The second-order valence-electron chi connectivity index (χ2n) is 4.38. The topological polar surface area (TPSA) is 76.3 Å². The first kappa shape index (κ1) is 12.3. The van der Waals surface area contributed by atoms with E-state index in [1.165, 1.54) is 10.7 Å². The molecule has 7 heteroatoms. The summed E-state index contributed by atoms with van der Waals surface area (Å²) in [6, 6.07) is 8.09. The molecular formula is C12H13N3O3S. The Balaban J connectivity index is 1.97. The van der Waals surface area contributed by atoms with Crippen molar-refractivity contribution in [1.82, 2.24) is 14.4 Å². The lowest BCUT2D eigenvalue weighted by molar-refractivity contribution is 0.356. The lowest BCUT2D eigenvalue weighted by Crippen LogP contribution is -2.31. The third-order valence-electron chi connectivity index (χ3n) is 3.23. The second-order valence-corrected chi connectivity index (χ2v) is 6.27. The second kappa shape index (κ2) is 4.75. The molecule has 0 aliphatic carbocycles. The van der Waals surface area contributed by atoms with Crippen LogP contribution in [0.5, 0.6) is 0 Å². The maximum Gasteiger partial charge on any atom is 0.243 e. The molecule has 0 spiro atoms. The van der Waals surface area contributed by atoms with Gasteiger partial charge in [0.1, 0.15) is 0 Å². The van der Waals surface area contributed by atoms with Gasteiger partial charge < -0.3 is 4.52 Å². The summed E-state index contributed by atoms with van der Waals surface area (Å²) in [4.78, 5) is 4.27. The fourth-order valence-corrected chi connectivity index (χ4v) is 4.02. The number of rotatable bonds is 3. The molecule has 1 aromatic carbocycles. The monoisotopic (exact) mass is 279 g/mol. The number of aromatic nitrogens is 2. The van der Waals surface area contributed by atoms with Gasteiger partial charge in [0.2, 0.25) is 16.4 Å². The molecule has 100 valence electrons. The number of nitrogens with zero attached hydrogens (tertiary/aromatic N) is 3. The first-order valence-electron chi connectivity index (χ1n) is 6.03. The number of hydrogen-bond donors (Lipinski definition) is 0. The van der Waals surface area contributed by atoms with Crippen molar-refractivity contribution >= 4 is 10.0 Å². The van der Waals surface area contributed by atoms with E-state index in [2.05, 4.69) is 10.1 Å². The quantitative estimate of drug-likeness (QED) is 0.852. The van der Waals surface area contributed by atoms with Gasteiger partial charge in [-0.15, -0.1) is 0 Å². The molecule has 1 saturated heterocycles. The van der Waals surface area contributed by atoms with Gasteiger partial charge in [-0.1, -0.05) is 23.4 Å². The van der Waals surface area contributed by atoms with Crippen molar-refractivity contribution in [1.29, 1.82) is 0 Å². The van der Waals surface area contributed by atoms with E-state index in [9.17, 15) is 8.42 Å². The fraction of sp³-hybridized carbons (Fsp3) is 0.333. The minimum atomic E-state index is -3.50. The Bertz CT molecular complexity index is 640. The predicted molar refractivity (Wildman–Crippen MR) is 66.6 cm³/mol. The van der Waals surface area contributed by atoms with Crippen LogP contribution in [-0.2, 0) is 10.0 Å². The molecule has 0 radical (unpaired) electrons. The van der Waals surface area contributed by atoms with Gasteiger partial charge in [-0.25, -0.2) is 8.42 Å². The summed E-state index contributed by atoms with van der Waals surface area (Å²) in [5.41, 5.74) is 0. The molecule has 1 atom stereocenters. The van der Waals surface area contributed by atoms with Gasteiger partial charge in [-0.05, 0) is 25.0 Å². The van der Waals surface area contributed by atoms with Crippen LogP contribution in [-0.4, -0.2) is 29.4 Å². The lowest BCUT2D eigenvalue weighted by Gasteiger charge is -2.21. The van der Waals surface area contributed by atoms with Crippen molar-refractivity contribution < 1.29 is 12.9 Å². The van der Waals surface area contributed by atoms with E-state index < -0.39 is 10.0 Å². The van der Waals surface area contributed by atoms with E-state index in [0.717, 1.165) is 6.42 Å². The molecule has 0 saturated carbocycles. The average Bonchev–Trinajstić information content (AvgIpc) is 3.10. The maximum absolute atomic E-state index is 12.6. The summed E-state index contributed by atoms with van der Waals surface area (Å²) in [6.45, 7) is 0.483. The van der Waals surface area contributed by atoms with Crippen molar-refractivity contribution in [2.75, 3.05) is 6.54 Å². The third kappa shape index (κ3) is 2.15. The van der Waals surface area contributed by atoms with E-state index in [0.29, 0.717) is 23.7 Å². The van der Waals surface area contributed by atoms with E-state index in [4.69, 9.17) is 4.52 Å². The van der Waals surface area contributed by atoms with E-state index in [1.807, 2.05) is 0 Å². The molecule has 3 rings (SSSR count). The van der Waals surface area contributed by atoms with Crippen LogP contribution in [0.3, 0.4) is 0 Å². The number of sulfonamides is 1. The molecular weight excluding hydrogens is 266 g/mol. The molecule has 0 unspecified atom stereocenters. The molecule has 1 aromatic heterocycles. The minimum Gasteiger partial charge on any atom is -0.343 e. The van der Waals surface area contributed by atoms with Crippen LogP contribution < -0.4 is 0 Å². The molecule has 0 bridgehead atoms. The molecule has 1 fully saturated rings. The Kier molecular flexibility index (Phi) is 3.08. The van der Waals surface area contributed by atoms with Crippen LogP contribution in [0.15, 0.2) is 46.1 Å². The SMILES string of the molecule is O=S(=O)(c1ccccc1)N1CCC[C@H]1c1ncon1. The first-order valence-corrected chi connectivity index (χ1v) is 7.47. The van der Waals surface area contributed by atoms with Crippen LogP contribution in [0.4, 0.5) is 0 Å². The molecule has 2 heterocycles. The van der Waals surface area contributed by atoms with Crippen molar-refractivity contribution in [3.8, 4) is 0 Å². The van der Waals surface area contributed by atoms with E-state index in [-0.39, 0.29) is 6.04 Å². The van der Waals surface area contributed by atoms with Gasteiger partial charge in [-0.3, -0.25) is 0 Å². The highest BCUT2D eigenvalue weighted by molar-refractivity contribution is 7.89. The molecule has 6 nitrogen and oxygen atoms in total. The van der Waals surface area contributed by atoms with Gasteiger partial charge in [0.15, 0.2) is 5.82 Å². The normalized spacial score (nSPS) is 20.7. The van der Waals surface area contributed by atoms with Crippen LogP contribution in [0.1, 0.15) is 24.7 Å². The zero-order valence-electron chi connectivity index (χ0n) is 10.1. The average molecular weight is 279 g/mol. The number of hydrogen-bond acceptors (Lipinski definition) is 5. The van der Waals surface area contributed by atoms with Gasteiger partial charge in [0.05, 0.1) is 10.9 Å². The van der Waals surface area contributed by atoms with Gasteiger partial charge >= 0.3 is 0 Å². The highest BCUT2D eigenvalue weighted by Gasteiger charge is 2.38. The van der Waals surface area contributed by atoms with Crippen molar-refractivity contribution in [3.63, 3.8) is 0 Å². The summed E-state index contributed by atoms with van der Waals surface area (Å²) in [5.74, 6) is 0.428. The zero-order chi connectivity index (χ0) is 13.3. The summed E-state index contributed by atoms with van der Waals surface area (Å²) < 4.78 is 31.3. The first-order chi connectivity index (χ1) is 9.19. The summed E-state index contributed by atoms with van der Waals surface area (Å²) >= 11 is 0. The Morgan fingerprint density at radius 2 is 2.05 bits per heavy atom. The molecule has 19 heavy (non-hydrogen) atoms. The van der Waals surface area contributed by atoms with Crippen molar-refractivity contribution in [2.24, 2.45) is 0 Å². The van der Waals surface area contributed by atoms with E-state index >= 15 is 0 Å². The standard InChI is InChI=1S/C12H13N3O3S/c16-19(17,10-5-2-1-3-6-10)15-8-4-7-11(15)12-13-9-18-14-12/h1-3,5-6,9,11H,4,7-8H2/t11-/m0/s1. The lowest BCUT2D eigenvalue weighted by atomic mass is 10.2. The summed E-state index contributed by atoms with van der Waals surface area (Å²) in [7, 11) is -3.50. The fourth-order valence-electron chi connectivity index (χ4n) is 2.34. The largest absolute Gasteiger partial charge is 0.343 e. The molecule has 2 aromatic rings. The number of benzene rings is 1. The summed E-state index contributed by atoms with van der Waals surface area (Å²) in [5, 5.41) is 3.76. The Morgan fingerprint density at radius 1 is 1.26 bits per heavy atom. The summed E-state index contributed by atoms with van der Waals surface area (Å²) in [6.07, 6.45) is 2.73. The molecule has 0 N–H and O–H groups in total. The van der Waals surface area contributed by atoms with Crippen molar-refractivity contribution in [3.05, 3.63) is 42.5 Å². The Morgan fingerprint density at radius 3 is 2.74 bits per heavy atom. The zero-order valence-corrected chi connectivity index (χ0v) is 11.0. The molecule has 0 amide bonds. The maximum atomic E-state index is 12.6. The van der Waals surface area contributed by atoms with Crippen LogP contribution in [0, 0.1) is 0 Å². The van der Waals surface area contributed by atoms with Crippen LogP contribution in [0.2, 0.25) is 0 Å². The van der Waals surface area contributed by atoms with E-state index in [1.54, 1.807) is 30.3 Å². The molecule has 1 aliphatic heterocycles. The Labute approximate surface area is 111 Å². The highest BCUT2D eigenvalue weighted by atomic mass is 32.2. The smallest absolute Gasteiger partial charge is 0.243 e. The third-order valence-corrected chi connectivity index (χ3v) is 5.15. The molecule has 1 aliphatic rings. The minimum absolute atomic E-state index is 0.297. The highest BCUT2D eigenvalue weighted by Crippen LogP contribution is 2.34.